The van der Waals surface area contributed by atoms with Gasteiger partial charge in [-0.15, -0.1) is 0 Å². The number of carbonyl (C=O) groups excluding carboxylic acids is 2. The Hall–Kier alpha value is -3.47. The van der Waals surface area contributed by atoms with Gasteiger partial charge in [0, 0.05) is 29.9 Å². The largest absolute Gasteiger partial charge is 0.397 e. The summed E-state index contributed by atoms with van der Waals surface area (Å²) in [6.07, 6.45) is 4.23. The van der Waals surface area contributed by atoms with E-state index in [1.165, 1.54) is 0 Å². The summed E-state index contributed by atoms with van der Waals surface area (Å²) >= 11 is 0. The highest BCUT2D eigenvalue weighted by Gasteiger charge is 2.09. The summed E-state index contributed by atoms with van der Waals surface area (Å²) in [5, 5.41) is 2.79. The molecule has 1 aromatic heterocycles. The number of nitrogens with zero attached hydrogens (tertiary/aromatic N) is 1. The molecule has 0 fully saturated rings. The van der Waals surface area contributed by atoms with E-state index in [0.29, 0.717) is 35.3 Å². The number of amides is 1. The molecular formula is C21H19N3O2. The van der Waals surface area contributed by atoms with E-state index in [1.54, 1.807) is 48.8 Å². The van der Waals surface area contributed by atoms with E-state index in [1.807, 2.05) is 24.3 Å². The molecule has 0 saturated carbocycles. The highest BCUT2D eigenvalue weighted by molar-refractivity contribution is 6.05. The van der Waals surface area contributed by atoms with Crippen LogP contribution in [0.5, 0.6) is 0 Å². The molecule has 0 bridgehead atoms. The average Bonchev–Trinajstić information content (AvgIpc) is 2.69. The molecule has 1 heterocycles. The van der Waals surface area contributed by atoms with E-state index in [4.69, 9.17) is 5.73 Å². The van der Waals surface area contributed by atoms with Crippen molar-refractivity contribution >= 4 is 23.1 Å². The van der Waals surface area contributed by atoms with Crippen molar-refractivity contribution in [3.05, 3.63) is 89.7 Å². The molecule has 0 aliphatic rings. The zero-order valence-electron chi connectivity index (χ0n) is 14.2. The van der Waals surface area contributed by atoms with Crippen molar-refractivity contribution in [2.75, 3.05) is 11.1 Å². The minimum Gasteiger partial charge on any atom is -0.397 e. The third-order valence-corrected chi connectivity index (χ3v) is 4.05. The van der Waals surface area contributed by atoms with E-state index in [0.717, 1.165) is 5.56 Å². The molecule has 0 unspecified atom stereocenters. The first-order valence-corrected chi connectivity index (χ1v) is 8.31. The molecule has 5 nitrogen and oxygen atoms in total. The molecule has 0 saturated heterocycles. The molecule has 0 aliphatic carbocycles. The number of rotatable bonds is 6. The number of nitrogens with two attached hydrogens (primary N) is 1. The number of benzene rings is 2. The van der Waals surface area contributed by atoms with Crippen molar-refractivity contribution in [3.63, 3.8) is 0 Å². The van der Waals surface area contributed by atoms with Crippen LogP contribution in [0, 0.1) is 0 Å². The van der Waals surface area contributed by atoms with Gasteiger partial charge < -0.3 is 11.1 Å². The Labute approximate surface area is 151 Å². The van der Waals surface area contributed by atoms with Gasteiger partial charge in [-0.3, -0.25) is 14.6 Å². The number of para-hydroxylation sites is 2. The van der Waals surface area contributed by atoms with Crippen LogP contribution in [0.25, 0.3) is 0 Å². The van der Waals surface area contributed by atoms with Crippen molar-refractivity contribution in [1.82, 2.24) is 4.98 Å². The van der Waals surface area contributed by atoms with Crippen LogP contribution in [0.15, 0.2) is 73.1 Å². The molecular weight excluding hydrogens is 326 g/mol. The highest BCUT2D eigenvalue weighted by Crippen LogP contribution is 2.18. The monoisotopic (exact) mass is 345 g/mol. The number of nitrogens with one attached hydrogen (secondary N) is 1. The summed E-state index contributed by atoms with van der Waals surface area (Å²) in [4.78, 5) is 28.4. The van der Waals surface area contributed by atoms with Crippen LogP contribution < -0.4 is 11.1 Å². The number of aromatic nitrogens is 1. The Balaban J connectivity index is 1.59. The molecule has 0 radical (unpaired) electrons. The summed E-state index contributed by atoms with van der Waals surface area (Å²) in [7, 11) is 0. The Morgan fingerprint density at radius 3 is 2.38 bits per heavy atom. The van der Waals surface area contributed by atoms with Crippen molar-refractivity contribution in [3.8, 4) is 0 Å². The number of hydrogen-bond acceptors (Lipinski definition) is 4. The molecule has 5 heteroatoms. The fourth-order valence-corrected chi connectivity index (χ4v) is 2.56. The zero-order valence-corrected chi connectivity index (χ0v) is 14.2. The molecule has 0 atom stereocenters. The summed E-state index contributed by atoms with van der Waals surface area (Å²) < 4.78 is 0. The van der Waals surface area contributed by atoms with Crippen LogP contribution in [0.3, 0.4) is 0 Å². The Bertz CT molecular complexity index is 906. The second-order valence-electron chi connectivity index (χ2n) is 5.90. The topological polar surface area (TPSA) is 85.1 Å². The first kappa shape index (κ1) is 17.4. The van der Waals surface area contributed by atoms with Crippen LogP contribution in [0.2, 0.25) is 0 Å². The SMILES string of the molecule is Nc1ccccc1NC(=O)c1ccc(CCC(=O)c2cccnc2)cc1. The average molecular weight is 345 g/mol. The van der Waals surface area contributed by atoms with Crippen molar-refractivity contribution in [1.29, 1.82) is 0 Å². The highest BCUT2D eigenvalue weighted by atomic mass is 16.1. The third-order valence-electron chi connectivity index (χ3n) is 4.05. The van der Waals surface area contributed by atoms with Crippen LogP contribution in [0.1, 0.15) is 32.7 Å². The van der Waals surface area contributed by atoms with Crippen LogP contribution in [-0.2, 0) is 6.42 Å². The van der Waals surface area contributed by atoms with Gasteiger partial charge in [0.05, 0.1) is 11.4 Å². The van der Waals surface area contributed by atoms with Gasteiger partial charge in [0.15, 0.2) is 5.78 Å². The number of pyridine rings is 1. The summed E-state index contributed by atoms with van der Waals surface area (Å²) in [5.74, 6) is -0.166. The molecule has 3 N–H and O–H groups in total. The quantitative estimate of drug-likeness (QED) is 0.526. The smallest absolute Gasteiger partial charge is 0.255 e. The number of aryl methyl sites for hydroxylation is 1. The van der Waals surface area contributed by atoms with Crippen molar-refractivity contribution in [2.45, 2.75) is 12.8 Å². The maximum Gasteiger partial charge on any atom is 0.255 e. The number of nitrogen functional groups attached to an aromatic ring is 1. The van der Waals surface area contributed by atoms with E-state index in [9.17, 15) is 9.59 Å². The summed E-state index contributed by atoms with van der Waals surface area (Å²) in [5.41, 5.74) is 9.09. The number of anilines is 2. The number of carbonyl (C=O) groups is 2. The fraction of sp³-hybridized carbons (Fsp3) is 0.0952. The molecule has 26 heavy (non-hydrogen) atoms. The minimum absolute atomic E-state index is 0.0551. The molecule has 2 aromatic carbocycles. The predicted octanol–water partition coefficient (Wildman–Crippen LogP) is 3.73. The van der Waals surface area contributed by atoms with Gasteiger partial charge in [0.25, 0.3) is 5.91 Å². The Kier molecular flexibility index (Phi) is 5.39. The minimum atomic E-state index is -0.221. The lowest BCUT2D eigenvalue weighted by Crippen LogP contribution is -2.13. The predicted molar refractivity (Wildman–Crippen MR) is 102 cm³/mol. The Morgan fingerprint density at radius 2 is 1.69 bits per heavy atom. The lowest BCUT2D eigenvalue weighted by molar-refractivity contribution is 0.0980. The van der Waals surface area contributed by atoms with Crippen LogP contribution in [0.4, 0.5) is 11.4 Å². The third kappa shape index (κ3) is 4.33. The number of hydrogen-bond donors (Lipinski definition) is 2. The zero-order chi connectivity index (χ0) is 18.4. The summed E-state index contributed by atoms with van der Waals surface area (Å²) in [6, 6.07) is 17.8. The standard InChI is InChI=1S/C21H19N3O2/c22-18-5-1-2-6-19(18)24-21(26)16-10-7-15(8-11-16)9-12-20(25)17-4-3-13-23-14-17/h1-8,10-11,13-14H,9,12,22H2,(H,24,26). The van der Waals surface area contributed by atoms with Crippen molar-refractivity contribution in [2.24, 2.45) is 0 Å². The Morgan fingerprint density at radius 1 is 0.923 bits per heavy atom. The summed E-state index contributed by atoms with van der Waals surface area (Å²) in [6.45, 7) is 0. The van der Waals surface area contributed by atoms with E-state index < -0.39 is 0 Å². The fourth-order valence-electron chi connectivity index (χ4n) is 2.56. The number of Topliss-reactive ketones (excluding diaryl/α,β-unsaturated/α-hetero) is 1. The first-order chi connectivity index (χ1) is 12.6. The van der Waals surface area contributed by atoms with Crippen LogP contribution >= 0.6 is 0 Å². The van der Waals surface area contributed by atoms with Gasteiger partial charge in [-0.05, 0) is 48.4 Å². The van der Waals surface area contributed by atoms with E-state index in [2.05, 4.69) is 10.3 Å². The molecule has 130 valence electrons. The van der Waals surface area contributed by atoms with E-state index in [-0.39, 0.29) is 11.7 Å². The maximum absolute atomic E-state index is 12.3. The molecule has 0 aliphatic heterocycles. The molecule has 1 amide bonds. The van der Waals surface area contributed by atoms with Gasteiger partial charge in [0.2, 0.25) is 0 Å². The lowest BCUT2D eigenvalue weighted by Gasteiger charge is -2.08. The van der Waals surface area contributed by atoms with Crippen LogP contribution in [-0.4, -0.2) is 16.7 Å². The normalized spacial score (nSPS) is 10.3. The second-order valence-corrected chi connectivity index (χ2v) is 5.90. The molecule has 3 rings (SSSR count). The molecule has 0 spiro atoms. The van der Waals surface area contributed by atoms with E-state index >= 15 is 0 Å². The van der Waals surface area contributed by atoms with Gasteiger partial charge in [-0.25, -0.2) is 0 Å². The number of ketones is 1. The molecule has 3 aromatic rings. The van der Waals surface area contributed by atoms with Gasteiger partial charge >= 0.3 is 0 Å². The van der Waals surface area contributed by atoms with Gasteiger partial charge in [0.1, 0.15) is 0 Å². The maximum atomic E-state index is 12.3. The first-order valence-electron chi connectivity index (χ1n) is 8.31. The van der Waals surface area contributed by atoms with Gasteiger partial charge in [-0.2, -0.15) is 0 Å². The second kappa shape index (κ2) is 8.07. The van der Waals surface area contributed by atoms with Crippen molar-refractivity contribution < 1.29 is 9.59 Å². The lowest BCUT2D eigenvalue weighted by atomic mass is 10.0. The van der Waals surface area contributed by atoms with Gasteiger partial charge in [-0.1, -0.05) is 24.3 Å².